The van der Waals surface area contributed by atoms with Gasteiger partial charge in [0.1, 0.15) is 5.75 Å². The van der Waals surface area contributed by atoms with Crippen LogP contribution in [0.3, 0.4) is 0 Å². The second-order valence-electron chi connectivity index (χ2n) is 6.30. The molecule has 2 aromatic rings. The first-order valence-electron chi connectivity index (χ1n) is 8.78. The molecule has 0 bridgehead atoms. The maximum atomic E-state index is 5.43. The van der Waals surface area contributed by atoms with Gasteiger partial charge in [0.05, 0.1) is 7.11 Å². The molecule has 0 heterocycles. The minimum Gasteiger partial charge on any atom is -0.497 e. The van der Waals surface area contributed by atoms with E-state index in [0.717, 1.165) is 12.2 Å². The maximum absolute atomic E-state index is 5.43. The van der Waals surface area contributed by atoms with Crippen molar-refractivity contribution in [2.45, 2.75) is 45.4 Å². The number of fused-ring (bicyclic) bond motifs is 1. The molecule has 0 radical (unpaired) electrons. The number of rotatable bonds is 5. The predicted octanol–water partition coefficient (Wildman–Crippen LogP) is 6.13. The van der Waals surface area contributed by atoms with E-state index < -0.39 is 0 Å². The SMILES string of the molecule is CCCCC1=C(c2ccccc2)CCCc2cc(OC)ccc21. The van der Waals surface area contributed by atoms with Gasteiger partial charge in [-0.3, -0.25) is 0 Å². The summed E-state index contributed by atoms with van der Waals surface area (Å²) in [6, 6.07) is 17.5. The summed E-state index contributed by atoms with van der Waals surface area (Å²) in [7, 11) is 1.75. The number of benzene rings is 2. The van der Waals surface area contributed by atoms with Gasteiger partial charge in [-0.2, -0.15) is 0 Å². The second-order valence-corrected chi connectivity index (χ2v) is 6.30. The molecule has 0 amide bonds. The van der Waals surface area contributed by atoms with Crippen molar-refractivity contribution in [1.82, 2.24) is 0 Å². The minimum absolute atomic E-state index is 0.974. The molecule has 0 saturated heterocycles. The third-order valence-electron chi connectivity index (χ3n) is 4.78. The summed E-state index contributed by atoms with van der Waals surface area (Å²) in [6.45, 7) is 2.27. The largest absolute Gasteiger partial charge is 0.497 e. The standard InChI is InChI=1S/C22H26O/c1-3-4-12-22-20(17-9-6-5-7-10-17)13-8-11-18-16-19(23-2)14-15-21(18)22/h5-7,9-10,14-16H,3-4,8,11-13H2,1-2H3. The average Bonchev–Trinajstić information content (AvgIpc) is 2.79. The van der Waals surface area contributed by atoms with E-state index in [0.29, 0.717) is 0 Å². The Bertz CT molecular complexity index is 682. The van der Waals surface area contributed by atoms with E-state index in [-0.39, 0.29) is 0 Å². The highest BCUT2D eigenvalue weighted by atomic mass is 16.5. The Balaban J connectivity index is 2.12. The molecule has 120 valence electrons. The van der Waals surface area contributed by atoms with Gasteiger partial charge in [0.25, 0.3) is 0 Å². The maximum Gasteiger partial charge on any atom is 0.119 e. The molecule has 0 spiro atoms. The van der Waals surface area contributed by atoms with E-state index in [9.17, 15) is 0 Å². The molecule has 0 unspecified atom stereocenters. The van der Waals surface area contributed by atoms with Crippen LogP contribution in [0.1, 0.15) is 55.7 Å². The molecular weight excluding hydrogens is 280 g/mol. The van der Waals surface area contributed by atoms with Crippen LogP contribution in [-0.2, 0) is 6.42 Å². The normalized spacial score (nSPS) is 14.3. The lowest BCUT2D eigenvalue weighted by atomic mass is 9.89. The minimum atomic E-state index is 0.974. The molecule has 1 aliphatic carbocycles. The molecule has 0 saturated carbocycles. The first-order chi connectivity index (χ1) is 11.3. The fraction of sp³-hybridized carbons (Fsp3) is 0.364. The summed E-state index contributed by atoms with van der Waals surface area (Å²) < 4.78 is 5.43. The van der Waals surface area contributed by atoms with Gasteiger partial charge in [-0.05, 0) is 72.1 Å². The molecular formula is C22H26O. The van der Waals surface area contributed by atoms with Crippen molar-refractivity contribution in [2.75, 3.05) is 7.11 Å². The van der Waals surface area contributed by atoms with Crippen LogP contribution in [0.2, 0.25) is 0 Å². The first kappa shape index (κ1) is 15.9. The number of aryl methyl sites for hydroxylation is 1. The number of unbranched alkanes of at least 4 members (excludes halogenated alkanes) is 1. The van der Waals surface area contributed by atoms with Gasteiger partial charge in [-0.15, -0.1) is 0 Å². The zero-order chi connectivity index (χ0) is 16.1. The Hall–Kier alpha value is -2.02. The van der Waals surface area contributed by atoms with Crippen molar-refractivity contribution in [3.05, 3.63) is 65.2 Å². The van der Waals surface area contributed by atoms with Crippen molar-refractivity contribution in [3.8, 4) is 5.75 Å². The summed E-state index contributed by atoms with van der Waals surface area (Å²) in [5.74, 6) is 0.974. The first-order valence-corrected chi connectivity index (χ1v) is 8.78. The van der Waals surface area contributed by atoms with Gasteiger partial charge in [0.15, 0.2) is 0 Å². The Morgan fingerprint density at radius 2 is 1.83 bits per heavy atom. The summed E-state index contributed by atoms with van der Waals surface area (Å²) in [6.07, 6.45) is 7.16. The topological polar surface area (TPSA) is 9.23 Å². The Morgan fingerprint density at radius 3 is 2.57 bits per heavy atom. The summed E-state index contributed by atoms with van der Waals surface area (Å²) in [5, 5.41) is 0. The zero-order valence-electron chi connectivity index (χ0n) is 14.3. The van der Waals surface area contributed by atoms with Gasteiger partial charge < -0.3 is 4.74 Å². The van der Waals surface area contributed by atoms with Crippen molar-refractivity contribution >= 4 is 11.1 Å². The lowest BCUT2D eigenvalue weighted by Gasteiger charge is -2.16. The third-order valence-corrected chi connectivity index (χ3v) is 4.78. The highest BCUT2D eigenvalue weighted by Crippen LogP contribution is 2.39. The van der Waals surface area contributed by atoms with Crippen molar-refractivity contribution in [1.29, 1.82) is 0 Å². The second kappa shape index (κ2) is 7.50. The van der Waals surface area contributed by atoms with E-state index in [1.807, 2.05) is 0 Å². The Kier molecular flexibility index (Phi) is 5.17. The van der Waals surface area contributed by atoms with Crippen LogP contribution < -0.4 is 4.74 Å². The number of methoxy groups -OCH3 is 1. The molecule has 3 rings (SSSR count). The molecule has 0 N–H and O–H groups in total. The summed E-state index contributed by atoms with van der Waals surface area (Å²) in [4.78, 5) is 0. The predicted molar refractivity (Wildman–Crippen MR) is 98.7 cm³/mol. The summed E-state index contributed by atoms with van der Waals surface area (Å²) in [5.41, 5.74) is 7.37. The third kappa shape index (κ3) is 3.50. The van der Waals surface area contributed by atoms with Crippen molar-refractivity contribution in [2.24, 2.45) is 0 Å². The average molecular weight is 306 g/mol. The fourth-order valence-corrected chi connectivity index (χ4v) is 3.56. The van der Waals surface area contributed by atoms with Gasteiger partial charge in [0.2, 0.25) is 0 Å². The van der Waals surface area contributed by atoms with Crippen LogP contribution in [0.4, 0.5) is 0 Å². The van der Waals surface area contributed by atoms with Crippen LogP contribution in [0.5, 0.6) is 5.75 Å². The monoisotopic (exact) mass is 306 g/mol. The number of ether oxygens (including phenoxy) is 1. The van der Waals surface area contributed by atoms with E-state index in [4.69, 9.17) is 4.74 Å². The quantitative estimate of drug-likeness (QED) is 0.645. The van der Waals surface area contributed by atoms with E-state index in [2.05, 4.69) is 55.5 Å². The lowest BCUT2D eigenvalue weighted by molar-refractivity contribution is 0.414. The Morgan fingerprint density at radius 1 is 1.00 bits per heavy atom. The van der Waals surface area contributed by atoms with E-state index >= 15 is 0 Å². The molecule has 0 atom stereocenters. The molecule has 2 aromatic carbocycles. The highest BCUT2D eigenvalue weighted by molar-refractivity contribution is 5.92. The van der Waals surface area contributed by atoms with Crippen LogP contribution in [0.25, 0.3) is 11.1 Å². The Labute approximate surface area is 140 Å². The number of hydrogen-bond donors (Lipinski definition) is 0. The van der Waals surface area contributed by atoms with Gasteiger partial charge >= 0.3 is 0 Å². The number of hydrogen-bond acceptors (Lipinski definition) is 1. The van der Waals surface area contributed by atoms with Gasteiger partial charge in [0, 0.05) is 0 Å². The van der Waals surface area contributed by atoms with Gasteiger partial charge in [-0.1, -0.05) is 49.7 Å². The van der Waals surface area contributed by atoms with Crippen LogP contribution in [-0.4, -0.2) is 7.11 Å². The van der Waals surface area contributed by atoms with E-state index in [1.54, 1.807) is 18.3 Å². The summed E-state index contributed by atoms with van der Waals surface area (Å²) >= 11 is 0. The van der Waals surface area contributed by atoms with Crippen molar-refractivity contribution in [3.63, 3.8) is 0 Å². The zero-order valence-corrected chi connectivity index (χ0v) is 14.3. The van der Waals surface area contributed by atoms with Crippen LogP contribution >= 0.6 is 0 Å². The molecule has 23 heavy (non-hydrogen) atoms. The highest BCUT2D eigenvalue weighted by Gasteiger charge is 2.18. The molecule has 0 aliphatic heterocycles. The molecule has 0 aromatic heterocycles. The molecule has 1 aliphatic rings. The lowest BCUT2D eigenvalue weighted by Crippen LogP contribution is -1.95. The van der Waals surface area contributed by atoms with Gasteiger partial charge in [-0.25, -0.2) is 0 Å². The van der Waals surface area contributed by atoms with Crippen molar-refractivity contribution < 1.29 is 4.74 Å². The molecule has 1 nitrogen and oxygen atoms in total. The smallest absolute Gasteiger partial charge is 0.119 e. The fourth-order valence-electron chi connectivity index (χ4n) is 3.56. The van der Waals surface area contributed by atoms with Crippen LogP contribution in [0.15, 0.2) is 48.5 Å². The molecule has 0 fully saturated rings. The molecule has 1 heteroatoms. The van der Waals surface area contributed by atoms with E-state index in [1.165, 1.54) is 48.8 Å². The number of allylic oxidation sites excluding steroid dienone is 2. The van der Waals surface area contributed by atoms with Crippen LogP contribution in [0, 0.1) is 0 Å².